The number of aliphatic hydroxyl groups is 1. The lowest BCUT2D eigenvalue weighted by molar-refractivity contribution is 0.281. The number of aryl methyl sites for hydroxylation is 2. The summed E-state index contributed by atoms with van der Waals surface area (Å²) in [5, 5.41) is 10.1. The van der Waals surface area contributed by atoms with Crippen molar-refractivity contribution in [3.63, 3.8) is 0 Å². The summed E-state index contributed by atoms with van der Waals surface area (Å²) in [5.41, 5.74) is 1.32. The molecular formula is C13H15BrN2O3S2. The van der Waals surface area contributed by atoms with Gasteiger partial charge in [0.1, 0.15) is 0 Å². The molecule has 0 spiro atoms. The van der Waals surface area contributed by atoms with Crippen LogP contribution >= 0.6 is 27.3 Å². The minimum absolute atomic E-state index is 0.132. The Bertz CT molecular complexity index is 757. The van der Waals surface area contributed by atoms with E-state index < -0.39 is 10.0 Å². The van der Waals surface area contributed by atoms with Crippen molar-refractivity contribution in [3.8, 4) is 0 Å². The Morgan fingerprint density at radius 2 is 2.10 bits per heavy atom. The Kier molecular flexibility index (Phi) is 5.15. The number of rotatable bonds is 5. The number of hydrogen-bond acceptors (Lipinski definition) is 5. The van der Waals surface area contributed by atoms with Crippen LogP contribution in [-0.2, 0) is 23.2 Å². The molecule has 0 atom stereocenters. The maximum Gasteiger partial charge on any atom is 0.242 e. The van der Waals surface area contributed by atoms with E-state index in [1.165, 1.54) is 17.4 Å². The number of halogens is 1. The minimum Gasteiger partial charge on any atom is -0.392 e. The molecule has 0 amide bonds. The van der Waals surface area contributed by atoms with Gasteiger partial charge in [-0.1, -0.05) is 6.07 Å². The third-order valence-corrected chi connectivity index (χ3v) is 6.51. The number of aliphatic hydroxyl groups excluding tert-OH is 1. The quantitative estimate of drug-likeness (QED) is 0.821. The first-order valence-electron chi connectivity index (χ1n) is 6.14. The van der Waals surface area contributed by atoms with E-state index >= 15 is 0 Å². The van der Waals surface area contributed by atoms with Crippen LogP contribution in [0.15, 0.2) is 27.7 Å². The molecule has 0 fully saturated rings. The van der Waals surface area contributed by atoms with Crippen LogP contribution in [0.5, 0.6) is 0 Å². The second-order valence-corrected chi connectivity index (χ2v) is 8.40. The zero-order chi connectivity index (χ0) is 15.6. The van der Waals surface area contributed by atoms with Gasteiger partial charge in [0.2, 0.25) is 10.0 Å². The van der Waals surface area contributed by atoms with E-state index in [0.29, 0.717) is 10.0 Å². The molecule has 8 heteroatoms. The predicted molar refractivity (Wildman–Crippen MR) is 85.7 cm³/mol. The molecule has 0 unspecified atom stereocenters. The van der Waals surface area contributed by atoms with Crippen LogP contribution in [0.25, 0.3) is 0 Å². The number of nitrogens with one attached hydrogen (secondary N) is 1. The molecule has 2 aromatic rings. The molecule has 0 aliphatic heterocycles. The van der Waals surface area contributed by atoms with E-state index in [-0.39, 0.29) is 18.0 Å². The summed E-state index contributed by atoms with van der Waals surface area (Å²) in [6.45, 7) is 3.65. The summed E-state index contributed by atoms with van der Waals surface area (Å²) in [6, 6.07) is 3.22. The zero-order valence-corrected chi connectivity index (χ0v) is 14.8. The highest BCUT2D eigenvalue weighted by molar-refractivity contribution is 9.10. The van der Waals surface area contributed by atoms with Gasteiger partial charge in [-0.25, -0.2) is 18.1 Å². The predicted octanol–water partition coefficient (Wildman–Crippen LogP) is 2.49. The third kappa shape index (κ3) is 3.89. The molecule has 21 heavy (non-hydrogen) atoms. The van der Waals surface area contributed by atoms with E-state index in [1.807, 2.05) is 6.92 Å². The van der Waals surface area contributed by atoms with Crippen LogP contribution < -0.4 is 4.72 Å². The highest BCUT2D eigenvalue weighted by Gasteiger charge is 2.20. The number of benzene rings is 1. The molecule has 2 N–H and O–H groups in total. The summed E-state index contributed by atoms with van der Waals surface area (Å²) in [7, 11) is -3.66. The normalized spacial score (nSPS) is 11.8. The number of aromatic nitrogens is 1. The van der Waals surface area contributed by atoms with Gasteiger partial charge in [-0.15, -0.1) is 11.3 Å². The standard InChI is InChI=1S/C13H15BrN2O3S2/c1-8-3-10(7-17)4-12(13(8)14)21(18,19)16-6-11-5-15-9(2)20-11/h3-5,16-17H,6-7H2,1-2H3. The average Bonchev–Trinajstić information content (AvgIpc) is 2.85. The Morgan fingerprint density at radius 3 is 2.67 bits per heavy atom. The fourth-order valence-corrected chi connectivity index (χ4v) is 4.73. The first-order valence-corrected chi connectivity index (χ1v) is 9.23. The third-order valence-electron chi connectivity index (χ3n) is 2.86. The maximum absolute atomic E-state index is 12.4. The van der Waals surface area contributed by atoms with Crippen molar-refractivity contribution in [2.75, 3.05) is 0 Å². The molecule has 0 radical (unpaired) electrons. The molecule has 114 valence electrons. The monoisotopic (exact) mass is 390 g/mol. The van der Waals surface area contributed by atoms with Crippen LogP contribution in [0.2, 0.25) is 0 Å². The lowest BCUT2D eigenvalue weighted by Gasteiger charge is -2.11. The first-order chi connectivity index (χ1) is 9.83. The van der Waals surface area contributed by atoms with E-state index in [4.69, 9.17) is 0 Å². The Labute approximate surface area is 136 Å². The van der Waals surface area contributed by atoms with Crippen molar-refractivity contribution in [3.05, 3.63) is 43.8 Å². The second kappa shape index (κ2) is 6.53. The van der Waals surface area contributed by atoms with Crippen molar-refractivity contribution in [2.45, 2.75) is 31.9 Å². The summed E-state index contributed by atoms with van der Waals surface area (Å²) in [5.74, 6) is 0. The van der Waals surface area contributed by atoms with E-state index in [2.05, 4.69) is 25.6 Å². The SMILES string of the molecule is Cc1ncc(CNS(=O)(=O)c2cc(CO)cc(C)c2Br)s1. The molecule has 2 rings (SSSR count). The maximum atomic E-state index is 12.4. The van der Waals surface area contributed by atoms with Crippen LogP contribution in [0.1, 0.15) is 21.0 Å². The molecule has 0 saturated heterocycles. The Balaban J connectivity index is 2.29. The topological polar surface area (TPSA) is 79.3 Å². The molecule has 5 nitrogen and oxygen atoms in total. The summed E-state index contributed by atoms with van der Waals surface area (Å²) < 4.78 is 27.9. The van der Waals surface area contributed by atoms with Crippen molar-refractivity contribution < 1.29 is 13.5 Å². The van der Waals surface area contributed by atoms with E-state index in [9.17, 15) is 13.5 Å². The molecule has 0 bridgehead atoms. The number of hydrogen-bond donors (Lipinski definition) is 2. The highest BCUT2D eigenvalue weighted by Crippen LogP contribution is 2.27. The summed E-state index contributed by atoms with van der Waals surface area (Å²) >= 11 is 4.75. The van der Waals surface area contributed by atoms with Crippen molar-refractivity contribution in [2.24, 2.45) is 0 Å². The van der Waals surface area contributed by atoms with Gasteiger partial charge >= 0.3 is 0 Å². The fourth-order valence-electron chi connectivity index (χ4n) is 1.83. The molecule has 0 saturated carbocycles. The van der Waals surface area contributed by atoms with Crippen molar-refractivity contribution in [1.82, 2.24) is 9.71 Å². The van der Waals surface area contributed by atoms with Gasteiger partial charge in [-0.05, 0) is 47.0 Å². The van der Waals surface area contributed by atoms with Crippen molar-refractivity contribution >= 4 is 37.3 Å². The molecule has 1 heterocycles. The average molecular weight is 391 g/mol. The van der Waals surface area contributed by atoms with Gasteiger partial charge in [0.25, 0.3) is 0 Å². The van der Waals surface area contributed by atoms with Crippen LogP contribution in [0.4, 0.5) is 0 Å². The van der Waals surface area contributed by atoms with E-state index in [1.54, 1.807) is 19.2 Å². The van der Waals surface area contributed by atoms with E-state index in [0.717, 1.165) is 15.4 Å². The summed E-state index contributed by atoms with van der Waals surface area (Å²) in [4.78, 5) is 5.07. The number of nitrogens with zero attached hydrogens (tertiary/aromatic N) is 1. The van der Waals surface area contributed by atoms with Crippen molar-refractivity contribution in [1.29, 1.82) is 0 Å². The van der Waals surface area contributed by atoms with Gasteiger partial charge in [0, 0.05) is 22.1 Å². The lowest BCUT2D eigenvalue weighted by Crippen LogP contribution is -2.23. The molecule has 1 aromatic heterocycles. The van der Waals surface area contributed by atoms with Gasteiger partial charge in [-0.3, -0.25) is 0 Å². The molecule has 0 aliphatic rings. The van der Waals surface area contributed by atoms with Crippen LogP contribution in [0.3, 0.4) is 0 Å². The number of sulfonamides is 1. The molecule has 0 aliphatic carbocycles. The van der Waals surface area contributed by atoms with Crippen LogP contribution in [0, 0.1) is 13.8 Å². The smallest absolute Gasteiger partial charge is 0.242 e. The van der Waals surface area contributed by atoms with Gasteiger partial charge < -0.3 is 5.11 Å². The minimum atomic E-state index is -3.66. The largest absolute Gasteiger partial charge is 0.392 e. The Hall–Kier alpha value is -0.800. The number of thiazole rings is 1. The van der Waals surface area contributed by atoms with Gasteiger partial charge in [0.15, 0.2) is 0 Å². The molecule has 1 aromatic carbocycles. The zero-order valence-electron chi connectivity index (χ0n) is 11.6. The van der Waals surface area contributed by atoms with Gasteiger partial charge in [0.05, 0.1) is 16.5 Å². The highest BCUT2D eigenvalue weighted by atomic mass is 79.9. The second-order valence-electron chi connectivity index (χ2n) is 4.55. The lowest BCUT2D eigenvalue weighted by atomic mass is 10.1. The summed E-state index contributed by atoms with van der Waals surface area (Å²) in [6.07, 6.45) is 1.66. The van der Waals surface area contributed by atoms with Crippen LogP contribution in [-0.4, -0.2) is 18.5 Å². The Morgan fingerprint density at radius 1 is 1.38 bits per heavy atom. The fraction of sp³-hybridized carbons (Fsp3) is 0.308. The van der Waals surface area contributed by atoms with Gasteiger partial charge in [-0.2, -0.15) is 0 Å². The first kappa shape index (κ1) is 16.6. The molecular weight excluding hydrogens is 376 g/mol.